The van der Waals surface area contributed by atoms with Crippen LogP contribution >= 0.6 is 0 Å². The predicted molar refractivity (Wildman–Crippen MR) is 69.9 cm³/mol. The Balaban J connectivity index is 2.25. The van der Waals surface area contributed by atoms with Crippen molar-refractivity contribution in [3.63, 3.8) is 0 Å². The van der Waals surface area contributed by atoms with Gasteiger partial charge in [0, 0.05) is 12.8 Å². The van der Waals surface area contributed by atoms with Crippen molar-refractivity contribution in [1.82, 2.24) is 0 Å². The lowest BCUT2D eigenvalue weighted by molar-refractivity contribution is -0.181. The Hall–Kier alpha value is -0.590. The van der Waals surface area contributed by atoms with E-state index in [4.69, 9.17) is 4.74 Å². The van der Waals surface area contributed by atoms with Crippen LogP contribution in [0.3, 0.4) is 0 Å². The average Bonchev–Trinajstić information content (AvgIpc) is 2.72. The highest BCUT2D eigenvalue weighted by atomic mass is 16.5. The lowest BCUT2D eigenvalue weighted by Gasteiger charge is -2.48. The van der Waals surface area contributed by atoms with Crippen LogP contribution in [0.5, 0.6) is 0 Å². The molecule has 1 saturated carbocycles. The van der Waals surface area contributed by atoms with Crippen LogP contribution in [0.2, 0.25) is 0 Å². The Morgan fingerprint density at radius 1 is 1.39 bits per heavy atom. The topological polar surface area (TPSA) is 53.2 Å². The molecule has 2 aliphatic rings. The van der Waals surface area contributed by atoms with E-state index in [1.54, 1.807) is 0 Å². The fraction of sp³-hybridized carbons (Fsp3) is 0.933. The van der Waals surface area contributed by atoms with E-state index in [0.717, 1.165) is 25.7 Å². The fourth-order valence-electron chi connectivity index (χ4n) is 3.87. The maximum Gasteiger partial charge on any atom is 0.0882 e. The van der Waals surface area contributed by atoms with Crippen LogP contribution in [0.4, 0.5) is 0 Å². The molecule has 0 aromatic heterocycles. The van der Waals surface area contributed by atoms with Crippen LogP contribution in [-0.4, -0.2) is 22.9 Å². The first kappa shape index (κ1) is 13.8. The van der Waals surface area contributed by atoms with Gasteiger partial charge in [0.2, 0.25) is 0 Å². The molecule has 0 amide bonds. The molecule has 0 radical (unpaired) electrons. The average molecular weight is 251 g/mol. The Kier molecular flexibility index (Phi) is 3.46. The molecule has 18 heavy (non-hydrogen) atoms. The summed E-state index contributed by atoms with van der Waals surface area (Å²) in [4.78, 5) is 0. The first-order valence-electron chi connectivity index (χ1n) is 7.14. The zero-order valence-electron chi connectivity index (χ0n) is 11.8. The minimum Gasteiger partial charge on any atom is -0.388 e. The van der Waals surface area contributed by atoms with Crippen molar-refractivity contribution in [2.24, 2.45) is 11.3 Å². The Bertz CT molecular complexity index is 360. The van der Waals surface area contributed by atoms with Crippen LogP contribution in [0.25, 0.3) is 0 Å². The van der Waals surface area contributed by atoms with Gasteiger partial charge in [-0.25, -0.2) is 0 Å². The molecule has 1 aliphatic carbocycles. The summed E-state index contributed by atoms with van der Waals surface area (Å²) in [5.41, 5.74) is -1.73. The second-order valence-electron chi connectivity index (χ2n) is 6.78. The van der Waals surface area contributed by atoms with Crippen LogP contribution in [-0.2, 0) is 4.74 Å². The Morgan fingerprint density at radius 3 is 2.61 bits per heavy atom. The van der Waals surface area contributed by atoms with E-state index >= 15 is 0 Å². The molecule has 3 nitrogen and oxygen atoms in total. The van der Waals surface area contributed by atoms with Gasteiger partial charge in [-0.2, -0.15) is 5.26 Å². The maximum atomic E-state index is 11.1. The van der Waals surface area contributed by atoms with E-state index in [0.29, 0.717) is 25.4 Å². The number of nitrogens with zero attached hydrogens (tertiary/aromatic N) is 1. The molecule has 2 rings (SSSR count). The second kappa shape index (κ2) is 4.51. The lowest BCUT2D eigenvalue weighted by atomic mass is 9.64. The van der Waals surface area contributed by atoms with Crippen LogP contribution < -0.4 is 0 Å². The summed E-state index contributed by atoms with van der Waals surface area (Å²) in [6, 6.07) is 2.48. The fourth-order valence-corrected chi connectivity index (χ4v) is 3.87. The summed E-state index contributed by atoms with van der Waals surface area (Å²) in [6.45, 7) is 6.75. The summed E-state index contributed by atoms with van der Waals surface area (Å²) < 4.78 is 5.69. The van der Waals surface area contributed by atoms with E-state index in [9.17, 15) is 10.4 Å². The summed E-state index contributed by atoms with van der Waals surface area (Å²) in [5, 5.41) is 20.7. The number of hydrogen-bond acceptors (Lipinski definition) is 3. The maximum absolute atomic E-state index is 11.1. The quantitative estimate of drug-likeness (QED) is 0.820. The summed E-state index contributed by atoms with van der Waals surface area (Å²) in [6.07, 6.45) is 5.05. The van der Waals surface area contributed by atoms with Crippen molar-refractivity contribution in [2.75, 3.05) is 6.61 Å². The molecular weight excluding hydrogens is 226 g/mol. The molecule has 0 aromatic carbocycles. The number of aliphatic hydroxyl groups is 1. The zero-order valence-corrected chi connectivity index (χ0v) is 11.8. The molecule has 3 atom stereocenters. The van der Waals surface area contributed by atoms with Crippen molar-refractivity contribution in [3.05, 3.63) is 0 Å². The monoisotopic (exact) mass is 251 g/mol. The van der Waals surface area contributed by atoms with E-state index in [-0.39, 0.29) is 5.60 Å². The van der Waals surface area contributed by atoms with Crippen LogP contribution in [0.15, 0.2) is 0 Å². The summed E-state index contributed by atoms with van der Waals surface area (Å²) in [7, 11) is 0. The van der Waals surface area contributed by atoms with Crippen molar-refractivity contribution in [2.45, 2.75) is 70.5 Å². The summed E-state index contributed by atoms with van der Waals surface area (Å²) >= 11 is 0. The molecular formula is C15H25NO2. The molecule has 1 heterocycles. The van der Waals surface area contributed by atoms with Gasteiger partial charge in [0.1, 0.15) is 0 Å². The van der Waals surface area contributed by atoms with Crippen molar-refractivity contribution >= 4 is 0 Å². The van der Waals surface area contributed by atoms with Gasteiger partial charge in [-0.05, 0) is 39.0 Å². The molecule has 0 aromatic rings. The van der Waals surface area contributed by atoms with E-state index < -0.39 is 11.0 Å². The predicted octanol–water partition coefficient (Wildman–Crippen LogP) is 3.03. The highest BCUT2D eigenvalue weighted by molar-refractivity contribution is 5.16. The molecule has 2 fully saturated rings. The third kappa shape index (κ3) is 2.17. The van der Waals surface area contributed by atoms with Gasteiger partial charge in [-0.15, -0.1) is 0 Å². The SMILES string of the molecule is CCC1CCC(C#N)(C2(O)CCOC(C)(C)C2)C1. The van der Waals surface area contributed by atoms with E-state index in [1.165, 1.54) is 0 Å². The normalized spacial score (nSPS) is 43.6. The zero-order chi connectivity index (χ0) is 13.4. The molecule has 3 heteroatoms. The van der Waals surface area contributed by atoms with Gasteiger partial charge in [0.15, 0.2) is 0 Å². The smallest absolute Gasteiger partial charge is 0.0882 e. The Morgan fingerprint density at radius 2 is 2.11 bits per heavy atom. The third-order valence-corrected chi connectivity index (χ3v) is 5.03. The molecule has 1 aliphatic heterocycles. The van der Waals surface area contributed by atoms with Crippen molar-refractivity contribution < 1.29 is 9.84 Å². The molecule has 0 spiro atoms. The second-order valence-corrected chi connectivity index (χ2v) is 6.78. The van der Waals surface area contributed by atoms with Crippen LogP contribution in [0, 0.1) is 22.7 Å². The first-order chi connectivity index (χ1) is 8.36. The van der Waals surface area contributed by atoms with Crippen molar-refractivity contribution in [1.29, 1.82) is 5.26 Å². The van der Waals surface area contributed by atoms with Crippen LogP contribution in [0.1, 0.15) is 59.3 Å². The Labute approximate surface area is 110 Å². The lowest BCUT2D eigenvalue weighted by Crippen LogP contribution is -2.55. The van der Waals surface area contributed by atoms with Gasteiger partial charge in [0.25, 0.3) is 0 Å². The van der Waals surface area contributed by atoms with Crippen molar-refractivity contribution in [3.8, 4) is 6.07 Å². The van der Waals surface area contributed by atoms with Gasteiger partial charge < -0.3 is 9.84 Å². The highest BCUT2D eigenvalue weighted by Gasteiger charge is 2.57. The number of nitriles is 1. The number of ether oxygens (including phenoxy) is 1. The largest absolute Gasteiger partial charge is 0.388 e. The molecule has 0 bridgehead atoms. The molecule has 1 saturated heterocycles. The summed E-state index contributed by atoms with van der Waals surface area (Å²) in [5.74, 6) is 0.597. The minimum atomic E-state index is -0.868. The molecule has 1 N–H and O–H groups in total. The molecule has 3 unspecified atom stereocenters. The van der Waals surface area contributed by atoms with E-state index in [2.05, 4.69) is 13.0 Å². The van der Waals surface area contributed by atoms with Gasteiger partial charge in [-0.3, -0.25) is 0 Å². The molecule has 102 valence electrons. The first-order valence-corrected chi connectivity index (χ1v) is 7.14. The minimum absolute atomic E-state index is 0.318. The van der Waals surface area contributed by atoms with Gasteiger partial charge >= 0.3 is 0 Å². The third-order valence-electron chi connectivity index (χ3n) is 5.03. The number of rotatable bonds is 2. The highest BCUT2D eigenvalue weighted by Crippen LogP contribution is 2.54. The van der Waals surface area contributed by atoms with Gasteiger partial charge in [0.05, 0.1) is 29.3 Å². The number of hydrogen-bond donors (Lipinski definition) is 1. The standard InChI is InChI=1S/C15H25NO2/c1-4-12-5-6-14(9-12,11-16)15(17)7-8-18-13(2,3)10-15/h12,17H,4-10H2,1-3H3. The van der Waals surface area contributed by atoms with E-state index in [1.807, 2.05) is 13.8 Å². The van der Waals surface area contributed by atoms with Gasteiger partial charge in [-0.1, -0.05) is 13.3 Å².